The maximum Gasteiger partial charge on any atom is 0.262 e. The van der Waals surface area contributed by atoms with Crippen molar-refractivity contribution in [3.05, 3.63) is 40.4 Å². The van der Waals surface area contributed by atoms with E-state index < -0.39 is 0 Å². The molecular weight excluding hydrogens is 338 g/mol. The minimum atomic E-state index is -0.0313. The van der Waals surface area contributed by atoms with Crippen molar-refractivity contribution < 1.29 is 0 Å². The third kappa shape index (κ3) is 3.87. The molecule has 0 radical (unpaired) electrons. The summed E-state index contributed by atoms with van der Waals surface area (Å²) in [6.07, 6.45) is 1.89. The van der Waals surface area contributed by atoms with Gasteiger partial charge in [0.15, 0.2) is 5.16 Å². The molecule has 4 N–H and O–H groups in total. The van der Waals surface area contributed by atoms with Gasteiger partial charge in [-0.15, -0.1) is 0 Å². The van der Waals surface area contributed by atoms with Crippen molar-refractivity contribution in [2.75, 3.05) is 11.5 Å². The van der Waals surface area contributed by atoms with Gasteiger partial charge < -0.3 is 11.5 Å². The van der Waals surface area contributed by atoms with E-state index in [1.165, 1.54) is 11.8 Å². The van der Waals surface area contributed by atoms with Gasteiger partial charge in [0.05, 0.1) is 16.7 Å². The summed E-state index contributed by atoms with van der Waals surface area (Å²) < 4.78 is 1.71. The van der Waals surface area contributed by atoms with Crippen molar-refractivity contribution in [1.82, 2.24) is 24.5 Å². The zero-order valence-corrected chi connectivity index (χ0v) is 14.7. The lowest BCUT2D eigenvalue weighted by atomic mass is 10.2. The van der Waals surface area contributed by atoms with E-state index in [0.29, 0.717) is 34.2 Å². The van der Waals surface area contributed by atoms with E-state index in [9.17, 15) is 4.79 Å². The molecule has 0 aliphatic heterocycles. The summed E-state index contributed by atoms with van der Waals surface area (Å²) in [6, 6.07) is 7.35. The fraction of sp³-hybridized carbons (Fsp3) is 0.312. The highest BCUT2D eigenvalue weighted by molar-refractivity contribution is 7.98. The Morgan fingerprint density at radius 2 is 1.80 bits per heavy atom. The van der Waals surface area contributed by atoms with Crippen LogP contribution in [-0.4, -0.2) is 24.5 Å². The number of benzene rings is 1. The number of anilines is 2. The summed E-state index contributed by atoms with van der Waals surface area (Å²) in [6.45, 7) is 2.71. The van der Waals surface area contributed by atoms with Crippen LogP contribution in [0.5, 0.6) is 0 Å². The summed E-state index contributed by atoms with van der Waals surface area (Å²) in [5, 5.41) is 1.26. The highest BCUT2D eigenvalue weighted by Crippen LogP contribution is 2.21. The van der Waals surface area contributed by atoms with Crippen LogP contribution in [0.1, 0.15) is 25.6 Å². The number of unbranched alkanes of at least 4 members (excludes halogenated alkanes) is 1. The zero-order valence-electron chi connectivity index (χ0n) is 13.8. The summed E-state index contributed by atoms with van der Waals surface area (Å²) >= 11 is 1.38. The van der Waals surface area contributed by atoms with Crippen LogP contribution < -0.4 is 17.0 Å². The molecule has 130 valence electrons. The second-order valence-corrected chi connectivity index (χ2v) is 6.42. The Bertz CT molecular complexity index is 937. The number of nitrogens with two attached hydrogens (primary N) is 2. The molecular formula is C16H19N7OS. The second kappa shape index (κ2) is 7.47. The van der Waals surface area contributed by atoms with E-state index in [2.05, 4.69) is 26.9 Å². The second-order valence-electron chi connectivity index (χ2n) is 5.48. The number of hydrogen-bond donors (Lipinski definition) is 2. The maximum absolute atomic E-state index is 12.8. The van der Waals surface area contributed by atoms with Crippen molar-refractivity contribution >= 4 is 34.6 Å². The minimum Gasteiger partial charge on any atom is -0.368 e. The van der Waals surface area contributed by atoms with E-state index in [1.807, 2.05) is 18.2 Å². The Kier molecular flexibility index (Phi) is 5.13. The van der Waals surface area contributed by atoms with Gasteiger partial charge in [0, 0.05) is 6.54 Å². The molecule has 0 amide bonds. The lowest BCUT2D eigenvalue weighted by molar-refractivity contribution is 0.557. The van der Waals surface area contributed by atoms with Crippen molar-refractivity contribution in [1.29, 1.82) is 0 Å². The van der Waals surface area contributed by atoms with Crippen molar-refractivity contribution in [3.63, 3.8) is 0 Å². The number of aromatic nitrogens is 5. The fourth-order valence-electron chi connectivity index (χ4n) is 2.42. The van der Waals surface area contributed by atoms with Crippen LogP contribution >= 0.6 is 11.8 Å². The van der Waals surface area contributed by atoms with Gasteiger partial charge >= 0.3 is 0 Å². The summed E-state index contributed by atoms with van der Waals surface area (Å²) in [5.41, 5.74) is 11.8. The Hall–Kier alpha value is -2.68. The molecule has 25 heavy (non-hydrogen) atoms. The van der Waals surface area contributed by atoms with Gasteiger partial charge in [-0.1, -0.05) is 37.2 Å². The standard InChI is InChI=1S/C16H19N7OS/c1-2-3-8-23-13(24)10-6-4-5-7-11(10)19-16(23)25-9-12-20-14(17)22-15(18)21-12/h4-7H,2-3,8-9H2,1H3,(H4,17,18,20,21,22). The van der Waals surface area contributed by atoms with E-state index in [4.69, 9.17) is 11.5 Å². The topological polar surface area (TPSA) is 126 Å². The Balaban J connectivity index is 1.97. The Morgan fingerprint density at radius 3 is 2.52 bits per heavy atom. The number of thioether (sulfide) groups is 1. The van der Waals surface area contributed by atoms with Crippen LogP contribution in [0.25, 0.3) is 10.9 Å². The number of nitrogens with zero attached hydrogens (tertiary/aromatic N) is 5. The first-order valence-electron chi connectivity index (χ1n) is 7.96. The molecule has 2 aromatic heterocycles. The van der Waals surface area contributed by atoms with Gasteiger partial charge in [0.2, 0.25) is 11.9 Å². The fourth-order valence-corrected chi connectivity index (χ4v) is 3.30. The van der Waals surface area contributed by atoms with Gasteiger partial charge in [0.25, 0.3) is 5.56 Å². The van der Waals surface area contributed by atoms with Gasteiger partial charge in [-0.3, -0.25) is 9.36 Å². The van der Waals surface area contributed by atoms with Crippen molar-refractivity contribution in [3.8, 4) is 0 Å². The van der Waals surface area contributed by atoms with Crippen LogP contribution in [-0.2, 0) is 12.3 Å². The zero-order chi connectivity index (χ0) is 17.8. The molecule has 0 saturated carbocycles. The molecule has 9 heteroatoms. The largest absolute Gasteiger partial charge is 0.368 e. The lowest BCUT2D eigenvalue weighted by Crippen LogP contribution is -2.23. The first-order chi connectivity index (χ1) is 12.1. The molecule has 2 heterocycles. The van der Waals surface area contributed by atoms with E-state index in [1.54, 1.807) is 10.6 Å². The van der Waals surface area contributed by atoms with Gasteiger partial charge in [-0.2, -0.15) is 15.0 Å². The molecule has 0 aliphatic carbocycles. The average Bonchev–Trinajstić information content (AvgIpc) is 2.58. The Morgan fingerprint density at radius 1 is 1.08 bits per heavy atom. The highest BCUT2D eigenvalue weighted by atomic mass is 32.2. The van der Waals surface area contributed by atoms with Crippen LogP contribution in [0.4, 0.5) is 11.9 Å². The average molecular weight is 357 g/mol. The number of rotatable bonds is 6. The van der Waals surface area contributed by atoms with Crippen LogP contribution in [0.2, 0.25) is 0 Å². The lowest BCUT2D eigenvalue weighted by Gasteiger charge is -2.12. The van der Waals surface area contributed by atoms with E-state index in [0.717, 1.165) is 12.8 Å². The van der Waals surface area contributed by atoms with E-state index >= 15 is 0 Å². The molecule has 8 nitrogen and oxygen atoms in total. The summed E-state index contributed by atoms with van der Waals surface area (Å²) in [7, 11) is 0. The molecule has 0 spiro atoms. The third-order valence-corrected chi connectivity index (χ3v) is 4.58. The quantitative estimate of drug-likeness (QED) is 0.505. The molecule has 0 bridgehead atoms. The molecule has 0 unspecified atom stereocenters. The highest BCUT2D eigenvalue weighted by Gasteiger charge is 2.12. The predicted octanol–water partition coefficient (Wildman–Crippen LogP) is 1.84. The van der Waals surface area contributed by atoms with Crippen LogP contribution in [0.3, 0.4) is 0 Å². The van der Waals surface area contributed by atoms with Crippen LogP contribution in [0, 0.1) is 0 Å². The minimum absolute atomic E-state index is 0.0313. The first-order valence-corrected chi connectivity index (χ1v) is 8.95. The SMILES string of the molecule is CCCCn1c(SCc2nc(N)nc(N)n2)nc2ccccc2c1=O. The van der Waals surface area contributed by atoms with Crippen molar-refractivity contribution in [2.24, 2.45) is 0 Å². The molecule has 3 rings (SSSR count). The number of fused-ring (bicyclic) bond motifs is 1. The van der Waals surface area contributed by atoms with E-state index in [-0.39, 0.29) is 17.5 Å². The predicted molar refractivity (Wildman–Crippen MR) is 99.1 cm³/mol. The smallest absolute Gasteiger partial charge is 0.262 e. The van der Waals surface area contributed by atoms with Crippen molar-refractivity contribution in [2.45, 2.75) is 37.2 Å². The number of para-hydroxylation sites is 1. The number of hydrogen-bond acceptors (Lipinski definition) is 8. The van der Waals surface area contributed by atoms with Gasteiger partial charge in [-0.25, -0.2) is 4.98 Å². The van der Waals surface area contributed by atoms with Gasteiger partial charge in [0.1, 0.15) is 5.82 Å². The molecule has 1 aromatic carbocycles. The van der Waals surface area contributed by atoms with Gasteiger partial charge in [-0.05, 0) is 18.6 Å². The third-order valence-electron chi connectivity index (χ3n) is 3.61. The number of nitrogen functional groups attached to an aromatic ring is 2. The maximum atomic E-state index is 12.8. The molecule has 0 saturated heterocycles. The molecule has 0 fully saturated rings. The molecule has 0 atom stereocenters. The molecule has 3 aromatic rings. The summed E-state index contributed by atoms with van der Waals surface area (Å²) in [5.74, 6) is 1.02. The first kappa shape index (κ1) is 17.2. The monoisotopic (exact) mass is 357 g/mol. The summed E-state index contributed by atoms with van der Waals surface area (Å²) in [4.78, 5) is 29.3. The van der Waals surface area contributed by atoms with Crippen LogP contribution in [0.15, 0.2) is 34.2 Å². The normalized spacial score (nSPS) is 11.1. The Labute approximate surface area is 148 Å². The molecule has 0 aliphatic rings.